The summed E-state index contributed by atoms with van der Waals surface area (Å²) in [7, 11) is 1.60. The van der Waals surface area contributed by atoms with Crippen molar-refractivity contribution in [3.8, 4) is 5.69 Å². The van der Waals surface area contributed by atoms with E-state index in [9.17, 15) is 9.59 Å². The van der Waals surface area contributed by atoms with Gasteiger partial charge in [-0.05, 0) is 67.1 Å². The van der Waals surface area contributed by atoms with Gasteiger partial charge in [-0.1, -0.05) is 46.6 Å². The molecular formula is C27H25BrClN3O3. The predicted octanol–water partition coefficient (Wildman–Crippen LogP) is 6.04. The molecule has 8 heteroatoms. The maximum Gasteiger partial charge on any atom is 0.266 e. The Morgan fingerprint density at radius 3 is 2.43 bits per heavy atom. The number of para-hydroxylation sites is 1. The van der Waals surface area contributed by atoms with E-state index in [1.165, 1.54) is 0 Å². The monoisotopic (exact) mass is 553 g/mol. The van der Waals surface area contributed by atoms with Gasteiger partial charge in [0.15, 0.2) is 0 Å². The molecule has 4 aromatic rings. The van der Waals surface area contributed by atoms with Gasteiger partial charge in [-0.3, -0.25) is 14.2 Å². The molecule has 4 rings (SSSR count). The normalized spacial score (nSPS) is 12.0. The molecule has 35 heavy (non-hydrogen) atoms. The summed E-state index contributed by atoms with van der Waals surface area (Å²) in [5.74, 6) is 0.312. The van der Waals surface area contributed by atoms with Gasteiger partial charge in [0.2, 0.25) is 0 Å². The van der Waals surface area contributed by atoms with E-state index in [1.807, 2.05) is 49.4 Å². The fourth-order valence-electron chi connectivity index (χ4n) is 4.10. The van der Waals surface area contributed by atoms with Crippen LogP contribution < -0.4 is 5.56 Å². The molecule has 1 amide bonds. The van der Waals surface area contributed by atoms with Crippen molar-refractivity contribution in [2.24, 2.45) is 0 Å². The van der Waals surface area contributed by atoms with E-state index in [1.54, 1.807) is 46.9 Å². The lowest BCUT2D eigenvalue weighted by atomic mass is 10.1. The number of benzene rings is 3. The Morgan fingerprint density at radius 1 is 1.09 bits per heavy atom. The van der Waals surface area contributed by atoms with Gasteiger partial charge in [0.1, 0.15) is 5.82 Å². The second kappa shape index (κ2) is 11.2. The van der Waals surface area contributed by atoms with E-state index in [4.69, 9.17) is 21.3 Å². The molecule has 0 spiro atoms. The fraction of sp³-hybridized carbons (Fsp3) is 0.222. The van der Waals surface area contributed by atoms with Crippen LogP contribution in [0.1, 0.15) is 35.6 Å². The Morgan fingerprint density at radius 2 is 1.77 bits per heavy atom. The van der Waals surface area contributed by atoms with Crippen molar-refractivity contribution in [3.63, 3.8) is 0 Å². The highest BCUT2D eigenvalue weighted by Gasteiger charge is 2.29. The minimum atomic E-state index is -0.478. The summed E-state index contributed by atoms with van der Waals surface area (Å²) in [5, 5.41) is 1.07. The van der Waals surface area contributed by atoms with Crippen molar-refractivity contribution in [2.75, 3.05) is 20.3 Å². The van der Waals surface area contributed by atoms with Crippen molar-refractivity contribution < 1.29 is 9.53 Å². The first kappa shape index (κ1) is 25.1. The minimum absolute atomic E-state index is 0.183. The maximum atomic E-state index is 13.7. The second-order valence-corrected chi connectivity index (χ2v) is 9.38. The van der Waals surface area contributed by atoms with Gasteiger partial charge < -0.3 is 9.64 Å². The molecule has 0 aliphatic carbocycles. The fourth-order valence-corrected chi connectivity index (χ4v) is 4.49. The van der Waals surface area contributed by atoms with Crippen LogP contribution in [0.25, 0.3) is 16.6 Å². The molecule has 0 radical (unpaired) electrons. The number of halogens is 2. The molecular weight excluding hydrogens is 530 g/mol. The molecule has 6 nitrogen and oxygen atoms in total. The van der Waals surface area contributed by atoms with Crippen LogP contribution in [0.2, 0.25) is 5.02 Å². The lowest BCUT2D eigenvalue weighted by molar-refractivity contribution is 0.0579. The number of carbonyl (C=O) groups excluding carboxylic acids is 1. The summed E-state index contributed by atoms with van der Waals surface area (Å²) in [6.07, 6.45) is 0.546. The van der Waals surface area contributed by atoms with E-state index in [0.717, 1.165) is 4.47 Å². The van der Waals surface area contributed by atoms with Crippen LogP contribution in [0.4, 0.5) is 0 Å². The highest BCUT2D eigenvalue weighted by molar-refractivity contribution is 9.10. The van der Waals surface area contributed by atoms with Crippen LogP contribution in [0.15, 0.2) is 82.1 Å². The zero-order valence-electron chi connectivity index (χ0n) is 19.4. The third-order valence-electron chi connectivity index (χ3n) is 5.84. The lowest BCUT2D eigenvalue weighted by Gasteiger charge is -2.32. The highest BCUT2D eigenvalue weighted by Crippen LogP contribution is 2.28. The van der Waals surface area contributed by atoms with Crippen molar-refractivity contribution >= 4 is 44.3 Å². The van der Waals surface area contributed by atoms with Gasteiger partial charge >= 0.3 is 0 Å². The van der Waals surface area contributed by atoms with Crippen LogP contribution >= 0.6 is 27.5 Å². The van der Waals surface area contributed by atoms with Gasteiger partial charge in [0, 0.05) is 28.7 Å². The van der Waals surface area contributed by atoms with E-state index in [-0.39, 0.29) is 11.5 Å². The number of aromatic nitrogens is 2. The first-order valence-corrected chi connectivity index (χ1v) is 12.4. The Balaban J connectivity index is 1.92. The summed E-state index contributed by atoms with van der Waals surface area (Å²) < 4.78 is 7.83. The predicted molar refractivity (Wildman–Crippen MR) is 142 cm³/mol. The molecule has 1 unspecified atom stereocenters. The Kier molecular flexibility index (Phi) is 8.00. The number of nitrogens with zero attached hydrogens (tertiary/aromatic N) is 3. The van der Waals surface area contributed by atoms with Crippen molar-refractivity contribution in [3.05, 3.63) is 104 Å². The molecule has 0 aliphatic heterocycles. The third kappa shape index (κ3) is 5.32. The molecule has 0 bridgehead atoms. The van der Waals surface area contributed by atoms with Gasteiger partial charge in [-0.2, -0.15) is 0 Å². The van der Waals surface area contributed by atoms with Crippen LogP contribution in [-0.2, 0) is 4.74 Å². The molecule has 180 valence electrons. The van der Waals surface area contributed by atoms with Gasteiger partial charge in [-0.25, -0.2) is 4.98 Å². The standard InChI is InChI=1S/C27H25BrClN3O3/c1-3-24(31(16-17-35-2)26(33)18-8-12-20(29)13-9-18)25-30-23-7-5-4-6-22(23)27(34)32(25)21-14-10-19(28)11-15-21/h4-15,24H,3,16-17H2,1-2H3. The molecule has 1 heterocycles. The number of methoxy groups -OCH3 is 1. The second-order valence-electron chi connectivity index (χ2n) is 8.03. The number of hydrogen-bond acceptors (Lipinski definition) is 4. The van der Waals surface area contributed by atoms with Crippen molar-refractivity contribution in [1.29, 1.82) is 0 Å². The third-order valence-corrected chi connectivity index (χ3v) is 6.62. The zero-order valence-corrected chi connectivity index (χ0v) is 21.8. The molecule has 0 fully saturated rings. The molecule has 0 N–H and O–H groups in total. The molecule has 0 aliphatic rings. The molecule has 0 saturated carbocycles. The van der Waals surface area contributed by atoms with Crippen LogP contribution in [0, 0.1) is 0 Å². The lowest BCUT2D eigenvalue weighted by Crippen LogP contribution is -2.40. The summed E-state index contributed by atoms with van der Waals surface area (Å²) in [6.45, 7) is 2.65. The summed E-state index contributed by atoms with van der Waals surface area (Å²) in [4.78, 5) is 34.1. The number of amides is 1. The highest BCUT2D eigenvalue weighted by atomic mass is 79.9. The van der Waals surface area contributed by atoms with Gasteiger partial charge in [0.25, 0.3) is 11.5 Å². The summed E-state index contributed by atoms with van der Waals surface area (Å²) in [5.41, 5.74) is 1.58. The van der Waals surface area contributed by atoms with E-state index >= 15 is 0 Å². The van der Waals surface area contributed by atoms with Crippen LogP contribution in [0.3, 0.4) is 0 Å². The number of ether oxygens (including phenoxy) is 1. The Labute approximate surface area is 217 Å². The molecule has 1 atom stereocenters. The summed E-state index contributed by atoms with van der Waals surface area (Å²) >= 11 is 9.50. The number of hydrogen-bond donors (Lipinski definition) is 0. The number of rotatable bonds is 8. The average Bonchev–Trinajstić information content (AvgIpc) is 2.87. The van der Waals surface area contributed by atoms with Crippen molar-refractivity contribution in [2.45, 2.75) is 19.4 Å². The first-order valence-electron chi connectivity index (χ1n) is 11.3. The van der Waals surface area contributed by atoms with Gasteiger partial charge in [0.05, 0.1) is 29.2 Å². The Bertz CT molecular complexity index is 1390. The van der Waals surface area contributed by atoms with E-state index in [0.29, 0.717) is 52.6 Å². The molecule has 3 aromatic carbocycles. The molecule has 1 aromatic heterocycles. The van der Waals surface area contributed by atoms with Crippen molar-refractivity contribution in [1.82, 2.24) is 14.5 Å². The first-order chi connectivity index (χ1) is 16.9. The maximum absolute atomic E-state index is 13.7. The topological polar surface area (TPSA) is 64.4 Å². The number of fused-ring (bicyclic) bond motifs is 1. The van der Waals surface area contributed by atoms with Crippen LogP contribution in [0.5, 0.6) is 0 Å². The average molecular weight is 555 g/mol. The number of carbonyl (C=O) groups is 1. The molecule has 0 saturated heterocycles. The minimum Gasteiger partial charge on any atom is -0.383 e. The van der Waals surface area contributed by atoms with E-state index in [2.05, 4.69) is 15.9 Å². The largest absolute Gasteiger partial charge is 0.383 e. The van der Waals surface area contributed by atoms with Crippen LogP contribution in [-0.4, -0.2) is 40.6 Å². The smallest absolute Gasteiger partial charge is 0.266 e. The summed E-state index contributed by atoms with van der Waals surface area (Å²) in [6, 6.07) is 21.0. The Hall–Kier alpha value is -3.00. The quantitative estimate of drug-likeness (QED) is 0.266. The van der Waals surface area contributed by atoms with Gasteiger partial charge in [-0.15, -0.1) is 0 Å². The zero-order chi connectivity index (χ0) is 24.9. The SMILES string of the molecule is CCC(c1nc2ccccc2c(=O)n1-c1ccc(Br)cc1)N(CCOC)C(=O)c1ccc(Cl)cc1. The van der Waals surface area contributed by atoms with E-state index < -0.39 is 6.04 Å².